The molecule has 0 unspecified atom stereocenters. The van der Waals surface area contributed by atoms with Crippen LogP contribution in [0.25, 0.3) is 22.3 Å². The predicted octanol–water partition coefficient (Wildman–Crippen LogP) is 2.94. The van der Waals surface area contributed by atoms with Gasteiger partial charge in [-0.3, -0.25) is 9.97 Å². The molecule has 0 atom stereocenters. The second-order valence-corrected chi connectivity index (χ2v) is 5.01. The fraction of sp³-hybridized carbons (Fsp3) is 0.0588. The standard InChI is InChI=1S/C17H13N5/c1-2-6-15-13(5-1)8-9-14(19-15)11-22-12-17(20-21-22)16-7-3-4-10-18-16/h1-10,12H,11H2. The molecule has 0 saturated carbocycles. The molecule has 4 rings (SSSR count). The van der Waals surface area contributed by atoms with Crippen LogP contribution in [0.4, 0.5) is 0 Å². The van der Waals surface area contributed by atoms with Crippen molar-refractivity contribution < 1.29 is 0 Å². The van der Waals surface area contributed by atoms with Gasteiger partial charge in [0.25, 0.3) is 0 Å². The monoisotopic (exact) mass is 287 g/mol. The Labute approximate surface area is 127 Å². The first-order valence-electron chi connectivity index (χ1n) is 7.05. The second-order valence-electron chi connectivity index (χ2n) is 5.01. The number of benzene rings is 1. The summed E-state index contributed by atoms with van der Waals surface area (Å²) in [6.07, 6.45) is 3.64. The van der Waals surface area contributed by atoms with Crippen LogP contribution in [-0.2, 0) is 6.54 Å². The first-order chi connectivity index (χ1) is 10.9. The van der Waals surface area contributed by atoms with Crippen molar-refractivity contribution in [3.05, 3.63) is 72.7 Å². The van der Waals surface area contributed by atoms with Crippen molar-refractivity contribution in [3.63, 3.8) is 0 Å². The van der Waals surface area contributed by atoms with Crippen LogP contribution in [0.2, 0.25) is 0 Å². The van der Waals surface area contributed by atoms with Gasteiger partial charge >= 0.3 is 0 Å². The number of hydrogen-bond donors (Lipinski definition) is 0. The Hall–Kier alpha value is -3.08. The summed E-state index contributed by atoms with van der Waals surface area (Å²) < 4.78 is 1.78. The van der Waals surface area contributed by atoms with Crippen molar-refractivity contribution in [2.24, 2.45) is 0 Å². The Morgan fingerprint density at radius 1 is 0.864 bits per heavy atom. The molecule has 0 aliphatic carbocycles. The normalized spacial score (nSPS) is 10.9. The molecule has 0 N–H and O–H groups in total. The lowest BCUT2D eigenvalue weighted by molar-refractivity contribution is 0.640. The maximum absolute atomic E-state index is 4.65. The summed E-state index contributed by atoms with van der Waals surface area (Å²) in [6, 6.07) is 17.9. The van der Waals surface area contributed by atoms with Gasteiger partial charge in [0.15, 0.2) is 0 Å². The van der Waals surface area contributed by atoms with E-state index in [0.717, 1.165) is 28.0 Å². The molecular weight excluding hydrogens is 274 g/mol. The minimum atomic E-state index is 0.588. The topological polar surface area (TPSA) is 56.5 Å². The van der Waals surface area contributed by atoms with Gasteiger partial charge < -0.3 is 0 Å². The molecule has 0 saturated heterocycles. The van der Waals surface area contributed by atoms with Crippen molar-refractivity contribution in [1.82, 2.24) is 25.0 Å². The first-order valence-corrected chi connectivity index (χ1v) is 7.05. The van der Waals surface area contributed by atoms with Crippen LogP contribution in [0.1, 0.15) is 5.69 Å². The molecule has 106 valence electrons. The van der Waals surface area contributed by atoms with E-state index in [-0.39, 0.29) is 0 Å². The molecule has 3 heterocycles. The van der Waals surface area contributed by atoms with Crippen molar-refractivity contribution in [1.29, 1.82) is 0 Å². The molecule has 0 bridgehead atoms. The lowest BCUT2D eigenvalue weighted by atomic mass is 10.2. The highest BCUT2D eigenvalue weighted by atomic mass is 15.4. The quantitative estimate of drug-likeness (QED) is 0.581. The SMILES string of the molecule is c1ccc(-c2cn(Cc3ccc4ccccc4n3)nn2)nc1. The number of fused-ring (bicyclic) bond motifs is 1. The molecule has 5 heteroatoms. The fourth-order valence-electron chi connectivity index (χ4n) is 2.37. The fourth-order valence-corrected chi connectivity index (χ4v) is 2.37. The molecule has 0 aliphatic rings. The van der Waals surface area contributed by atoms with Crippen molar-refractivity contribution in [2.45, 2.75) is 6.54 Å². The summed E-state index contributed by atoms with van der Waals surface area (Å²) in [4.78, 5) is 8.93. The van der Waals surface area contributed by atoms with E-state index in [1.165, 1.54) is 0 Å². The average Bonchev–Trinajstić information content (AvgIpc) is 3.04. The maximum atomic E-state index is 4.65. The maximum Gasteiger partial charge on any atom is 0.131 e. The zero-order chi connectivity index (χ0) is 14.8. The molecule has 3 aromatic heterocycles. The van der Waals surface area contributed by atoms with Gasteiger partial charge in [-0.25, -0.2) is 4.68 Å². The molecule has 22 heavy (non-hydrogen) atoms. The average molecular weight is 287 g/mol. The number of rotatable bonds is 3. The van der Waals surface area contributed by atoms with Crippen molar-refractivity contribution >= 4 is 10.9 Å². The van der Waals surface area contributed by atoms with E-state index in [1.807, 2.05) is 48.7 Å². The molecule has 0 aliphatic heterocycles. The minimum absolute atomic E-state index is 0.588. The van der Waals surface area contributed by atoms with Crippen molar-refractivity contribution in [2.75, 3.05) is 0 Å². The van der Waals surface area contributed by atoms with E-state index < -0.39 is 0 Å². The first kappa shape index (κ1) is 12.6. The lowest BCUT2D eigenvalue weighted by Crippen LogP contribution is -2.02. The van der Waals surface area contributed by atoms with Crippen LogP contribution >= 0.6 is 0 Å². The Bertz CT molecular complexity index is 914. The summed E-state index contributed by atoms with van der Waals surface area (Å²) in [7, 11) is 0. The molecule has 0 spiro atoms. The Morgan fingerprint density at radius 3 is 2.68 bits per heavy atom. The smallest absolute Gasteiger partial charge is 0.131 e. The van der Waals surface area contributed by atoms with E-state index in [0.29, 0.717) is 6.54 Å². The van der Waals surface area contributed by atoms with Gasteiger partial charge in [-0.05, 0) is 24.3 Å². The van der Waals surface area contributed by atoms with Gasteiger partial charge in [0.05, 0.1) is 29.6 Å². The molecule has 5 nitrogen and oxygen atoms in total. The third-order valence-electron chi connectivity index (χ3n) is 3.45. The van der Waals surface area contributed by atoms with E-state index in [4.69, 9.17) is 0 Å². The van der Waals surface area contributed by atoms with Gasteiger partial charge in [0, 0.05) is 11.6 Å². The van der Waals surface area contributed by atoms with Gasteiger partial charge in [0.2, 0.25) is 0 Å². The molecule has 0 radical (unpaired) electrons. The van der Waals surface area contributed by atoms with Crippen LogP contribution < -0.4 is 0 Å². The summed E-state index contributed by atoms with van der Waals surface area (Å²) >= 11 is 0. The summed E-state index contributed by atoms with van der Waals surface area (Å²) in [5, 5.41) is 9.46. The van der Waals surface area contributed by atoms with Crippen LogP contribution in [0, 0.1) is 0 Å². The predicted molar refractivity (Wildman–Crippen MR) is 84.1 cm³/mol. The third kappa shape index (κ3) is 2.44. The number of pyridine rings is 2. The number of nitrogens with zero attached hydrogens (tertiary/aromatic N) is 5. The van der Waals surface area contributed by atoms with Gasteiger partial charge in [0.1, 0.15) is 5.69 Å². The van der Waals surface area contributed by atoms with E-state index in [9.17, 15) is 0 Å². The molecule has 0 fully saturated rings. The van der Waals surface area contributed by atoms with Crippen molar-refractivity contribution in [3.8, 4) is 11.4 Å². The van der Waals surface area contributed by atoms with Crippen LogP contribution in [0.15, 0.2) is 67.0 Å². The highest BCUT2D eigenvalue weighted by Crippen LogP contribution is 2.14. The van der Waals surface area contributed by atoms with Crippen LogP contribution in [0.5, 0.6) is 0 Å². The Balaban J connectivity index is 1.61. The number of hydrogen-bond acceptors (Lipinski definition) is 4. The number of aromatic nitrogens is 5. The van der Waals surface area contributed by atoms with Crippen LogP contribution in [0.3, 0.4) is 0 Å². The summed E-state index contributed by atoms with van der Waals surface area (Å²) in [5.41, 5.74) is 3.53. The van der Waals surface area contributed by atoms with Gasteiger partial charge in [-0.1, -0.05) is 35.5 Å². The third-order valence-corrected chi connectivity index (χ3v) is 3.45. The lowest BCUT2D eigenvalue weighted by Gasteiger charge is -2.02. The zero-order valence-corrected chi connectivity index (χ0v) is 11.8. The highest BCUT2D eigenvalue weighted by molar-refractivity contribution is 5.78. The summed E-state index contributed by atoms with van der Waals surface area (Å²) in [5.74, 6) is 0. The van der Waals surface area contributed by atoms with Crippen LogP contribution in [-0.4, -0.2) is 25.0 Å². The zero-order valence-electron chi connectivity index (χ0n) is 11.8. The Kier molecular flexibility index (Phi) is 3.08. The summed E-state index contributed by atoms with van der Waals surface area (Å²) in [6.45, 7) is 0.588. The minimum Gasteiger partial charge on any atom is -0.254 e. The van der Waals surface area contributed by atoms with E-state index in [1.54, 1.807) is 10.9 Å². The molecule has 4 aromatic rings. The molecule has 0 amide bonds. The molecular formula is C17H13N5. The van der Waals surface area contributed by atoms with E-state index >= 15 is 0 Å². The molecule has 1 aromatic carbocycles. The van der Waals surface area contributed by atoms with E-state index in [2.05, 4.69) is 32.4 Å². The number of para-hydroxylation sites is 1. The van der Waals surface area contributed by atoms with Gasteiger partial charge in [-0.15, -0.1) is 5.10 Å². The second kappa shape index (κ2) is 5.37. The largest absolute Gasteiger partial charge is 0.254 e. The van der Waals surface area contributed by atoms with Gasteiger partial charge in [-0.2, -0.15) is 0 Å². The highest BCUT2D eigenvalue weighted by Gasteiger charge is 2.06. The Morgan fingerprint density at radius 2 is 1.77 bits per heavy atom.